The molecule has 27 heavy (non-hydrogen) atoms. The zero-order chi connectivity index (χ0) is 18.6. The van der Waals surface area contributed by atoms with E-state index in [4.69, 9.17) is 0 Å². The maximum Gasteiger partial charge on any atom is 0.227 e. The molecule has 0 spiro atoms. The molecular weight excluding hydrogens is 341 g/mol. The Balaban J connectivity index is 1.44. The number of hydrogen-bond acceptors (Lipinski definition) is 5. The van der Waals surface area contributed by atoms with Crippen LogP contribution in [0.25, 0.3) is 0 Å². The molecule has 0 amide bonds. The quantitative estimate of drug-likeness (QED) is 0.759. The minimum absolute atomic E-state index is 0.174. The van der Waals surface area contributed by atoms with Crippen molar-refractivity contribution in [2.45, 2.75) is 6.92 Å². The van der Waals surface area contributed by atoms with Gasteiger partial charge in [0, 0.05) is 38.1 Å². The van der Waals surface area contributed by atoms with Crippen LogP contribution in [0.5, 0.6) is 0 Å². The van der Waals surface area contributed by atoms with E-state index in [1.165, 1.54) is 6.07 Å². The van der Waals surface area contributed by atoms with Gasteiger partial charge in [-0.3, -0.25) is 0 Å². The summed E-state index contributed by atoms with van der Waals surface area (Å²) in [5.41, 5.74) is 2.86. The summed E-state index contributed by atoms with van der Waals surface area (Å²) in [5.74, 6) is 1.29. The van der Waals surface area contributed by atoms with Gasteiger partial charge in [-0.15, -0.1) is 0 Å². The molecule has 1 N–H and O–H groups in total. The Morgan fingerprint density at radius 1 is 0.889 bits per heavy atom. The Morgan fingerprint density at radius 3 is 2.37 bits per heavy atom. The summed E-state index contributed by atoms with van der Waals surface area (Å²) in [7, 11) is 0. The topological polar surface area (TPSA) is 44.3 Å². The number of anilines is 4. The van der Waals surface area contributed by atoms with Crippen LogP contribution in [-0.4, -0.2) is 36.1 Å². The fourth-order valence-corrected chi connectivity index (χ4v) is 3.28. The van der Waals surface area contributed by atoms with E-state index in [2.05, 4.69) is 38.1 Å². The summed E-state index contributed by atoms with van der Waals surface area (Å²) in [6.45, 7) is 5.04. The number of aryl methyl sites for hydroxylation is 1. The van der Waals surface area contributed by atoms with E-state index >= 15 is 0 Å². The summed E-state index contributed by atoms with van der Waals surface area (Å²) >= 11 is 0. The fraction of sp³-hybridized carbons (Fsp3) is 0.238. The molecule has 3 aromatic rings. The standard InChI is InChI=1S/C21H22FN5/c1-16-6-2-4-8-18(16)24-20-10-11-23-21(25-20)27-14-12-26(13-15-27)19-9-5-3-7-17(19)22/h2-11H,12-15H2,1H3,(H,23,24,25). The predicted molar refractivity (Wildman–Crippen MR) is 107 cm³/mol. The molecule has 1 saturated heterocycles. The lowest BCUT2D eigenvalue weighted by Gasteiger charge is -2.36. The molecule has 0 aliphatic carbocycles. The van der Waals surface area contributed by atoms with E-state index in [-0.39, 0.29) is 5.82 Å². The minimum atomic E-state index is -0.174. The molecular formula is C21H22FN5. The van der Waals surface area contributed by atoms with Gasteiger partial charge in [0.15, 0.2) is 0 Å². The van der Waals surface area contributed by atoms with Crippen LogP contribution in [0, 0.1) is 12.7 Å². The van der Waals surface area contributed by atoms with E-state index in [1.807, 2.05) is 36.4 Å². The summed E-state index contributed by atoms with van der Waals surface area (Å²) in [6, 6.07) is 16.9. The highest BCUT2D eigenvalue weighted by molar-refractivity contribution is 5.61. The lowest BCUT2D eigenvalue weighted by Crippen LogP contribution is -2.47. The minimum Gasteiger partial charge on any atom is -0.366 e. The average Bonchev–Trinajstić information content (AvgIpc) is 2.71. The second kappa shape index (κ2) is 7.61. The van der Waals surface area contributed by atoms with Gasteiger partial charge in [-0.25, -0.2) is 9.37 Å². The average molecular weight is 363 g/mol. The van der Waals surface area contributed by atoms with Crippen molar-refractivity contribution in [3.05, 3.63) is 72.2 Å². The van der Waals surface area contributed by atoms with Gasteiger partial charge in [-0.05, 0) is 36.8 Å². The molecule has 0 unspecified atom stereocenters. The largest absolute Gasteiger partial charge is 0.366 e. The number of halogens is 1. The molecule has 6 heteroatoms. The van der Waals surface area contributed by atoms with Crippen LogP contribution in [0.2, 0.25) is 0 Å². The smallest absolute Gasteiger partial charge is 0.227 e. The van der Waals surface area contributed by atoms with Crippen molar-refractivity contribution >= 4 is 23.1 Å². The van der Waals surface area contributed by atoms with Crippen molar-refractivity contribution in [1.29, 1.82) is 0 Å². The molecule has 0 saturated carbocycles. The van der Waals surface area contributed by atoms with E-state index in [0.717, 1.165) is 43.2 Å². The molecule has 1 aliphatic rings. The maximum atomic E-state index is 14.0. The second-order valence-corrected chi connectivity index (χ2v) is 6.61. The lowest BCUT2D eigenvalue weighted by atomic mass is 10.2. The maximum absolute atomic E-state index is 14.0. The lowest BCUT2D eigenvalue weighted by molar-refractivity contribution is 0.594. The molecule has 0 radical (unpaired) electrons. The van der Waals surface area contributed by atoms with E-state index in [1.54, 1.807) is 12.3 Å². The number of hydrogen-bond donors (Lipinski definition) is 1. The van der Waals surface area contributed by atoms with Crippen molar-refractivity contribution < 1.29 is 4.39 Å². The fourth-order valence-electron chi connectivity index (χ4n) is 3.28. The molecule has 138 valence electrons. The highest BCUT2D eigenvalue weighted by atomic mass is 19.1. The number of nitrogens with zero attached hydrogens (tertiary/aromatic N) is 4. The van der Waals surface area contributed by atoms with Crippen LogP contribution in [-0.2, 0) is 0 Å². The van der Waals surface area contributed by atoms with Gasteiger partial charge in [0.2, 0.25) is 5.95 Å². The summed E-state index contributed by atoms with van der Waals surface area (Å²) in [4.78, 5) is 13.3. The van der Waals surface area contributed by atoms with Crippen molar-refractivity contribution in [3.63, 3.8) is 0 Å². The van der Waals surface area contributed by atoms with Gasteiger partial charge in [0.25, 0.3) is 0 Å². The Hall–Kier alpha value is -3.15. The molecule has 5 nitrogen and oxygen atoms in total. The summed E-state index contributed by atoms with van der Waals surface area (Å²) in [5, 5.41) is 3.36. The number of rotatable bonds is 4. The molecule has 0 atom stereocenters. The van der Waals surface area contributed by atoms with Crippen molar-refractivity contribution in [3.8, 4) is 0 Å². The Labute approximate surface area is 158 Å². The monoisotopic (exact) mass is 363 g/mol. The van der Waals surface area contributed by atoms with Crippen LogP contribution in [0.3, 0.4) is 0 Å². The summed E-state index contributed by atoms with van der Waals surface area (Å²) in [6.07, 6.45) is 1.77. The van der Waals surface area contributed by atoms with Gasteiger partial charge in [-0.1, -0.05) is 30.3 Å². The third-order valence-electron chi connectivity index (χ3n) is 4.81. The Kier molecular flexibility index (Phi) is 4.87. The van der Waals surface area contributed by atoms with E-state index in [0.29, 0.717) is 11.6 Å². The van der Waals surface area contributed by atoms with Crippen molar-refractivity contribution in [2.24, 2.45) is 0 Å². The van der Waals surface area contributed by atoms with E-state index in [9.17, 15) is 4.39 Å². The van der Waals surface area contributed by atoms with Crippen LogP contribution in [0.15, 0.2) is 60.8 Å². The first kappa shape index (κ1) is 17.3. The SMILES string of the molecule is Cc1ccccc1Nc1ccnc(N2CCN(c3ccccc3F)CC2)n1. The highest BCUT2D eigenvalue weighted by Gasteiger charge is 2.21. The third-order valence-corrected chi connectivity index (χ3v) is 4.81. The third kappa shape index (κ3) is 3.84. The first-order chi connectivity index (χ1) is 13.2. The van der Waals surface area contributed by atoms with Gasteiger partial charge >= 0.3 is 0 Å². The number of piperazine rings is 1. The first-order valence-corrected chi connectivity index (χ1v) is 9.11. The van der Waals surface area contributed by atoms with Crippen LogP contribution in [0.1, 0.15) is 5.56 Å². The molecule has 1 aliphatic heterocycles. The number of benzene rings is 2. The van der Waals surface area contributed by atoms with Crippen LogP contribution >= 0.6 is 0 Å². The molecule has 4 rings (SSSR count). The highest BCUT2D eigenvalue weighted by Crippen LogP contribution is 2.23. The van der Waals surface area contributed by atoms with Crippen molar-refractivity contribution in [2.75, 3.05) is 41.3 Å². The zero-order valence-electron chi connectivity index (χ0n) is 15.3. The zero-order valence-corrected chi connectivity index (χ0v) is 15.3. The molecule has 1 aromatic heterocycles. The molecule has 0 bridgehead atoms. The molecule has 2 aromatic carbocycles. The van der Waals surface area contributed by atoms with Gasteiger partial charge in [0.05, 0.1) is 5.69 Å². The predicted octanol–water partition coefficient (Wildman–Crippen LogP) is 3.99. The van der Waals surface area contributed by atoms with Crippen molar-refractivity contribution in [1.82, 2.24) is 9.97 Å². The Bertz CT molecular complexity index is 922. The Morgan fingerprint density at radius 2 is 1.59 bits per heavy atom. The number of para-hydroxylation sites is 2. The van der Waals surface area contributed by atoms with Crippen LogP contribution < -0.4 is 15.1 Å². The van der Waals surface area contributed by atoms with Gasteiger partial charge in [0.1, 0.15) is 11.6 Å². The number of aromatic nitrogens is 2. The van der Waals surface area contributed by atoms with E-state index < -0.39 is 0 Å². The van der Waals surface area contributed by atoms with Gasteiger partial charge in [-0.2, -0.15) is 4.98 Å². The first-order valence-electron chi connectivity index (χ1n) is 9.11. The molecule has 2 heterocycles. The second-order valence-electron chi connectivity index (χ2n) is 6.61. The number of nitrogens with one attached hydrogen (secondary N) is 1. The molecule has 1 fully saturated rings. The van der Waals surface area contributed by atoms with Gasteiger partial charge < -0.3 is 15.1 Å². The van der Waals surface area contributed by atoms with Crippen LogP contribution in [0.4, 0.5) is 27.5 Å². The summed E-state index contributed by atoms with van der Waals surface area (Å²) < 4.78 is 14.0. The normalized spacial score (nSPS) is 14.3.